The van der Waals surface area contributed by atoms with Crippen molar-refractivity contribution < 1.29 is 4.74 Å². The Kier molecular flexibility index (Phi) is 5.10. The molecule has 0 aliphatic carbocycles. The molecular weight excluding hydrogens is 358 g/mol. The zero-order chi connectivity index (χ0) is 13.1. The van der Waals surface area contributed by atoms with Crippen molar-refractivity contribution in [2.75, 3.05) is 25.1 Å². The molecule has 4 heteroatoms. The van der Waals surface area contributed by atoms with E-state index in [-0.39, 0.29) is 0 Å². The Labute approximate surface area is 126 Å². The monoisotopic (exact) mass is 375 g/mol. The lowest BCUT2D eigenvalue weighted by Crippen LogP contribution is -2.44. The van der Waals surface area contributed by atoms with E-state index in [2.05, 4.69) is 61.9 Å². The van der Waals surface area contributed by atoms with Gasteiger partial charge in [-0.3, -0.25) is 0 Å². The zero-order valence-corrected chi connectivity index (χ0v) is 14.0. The number of piperidine rings is 1. The summed E-state index contributed by atoms with van der Waals surface area (Å²) in [5.74, 6) is 0.645. The molecule has 0 aromatic heterocycles. The molecule has 1 fully saturated rings. The van der Waals surface area contributed by atoms with Gasteiger partial charge >= 0.3 is 0 Å². The van der Waals surface area contributed by atoms with Crippen molar-refractivity contribution in [2.45, 2.75) is 24.8 Å². The summed E-state index contributed by atoms with van der Waals surface area (Å²) in [5.41, 5.74) is 2.56. The largest absolute Gasteiger partial charge is 0.379 e. The molecule has 1 aliphatic rings. The predicted molar refractivity (Wildman–Crippen MR) is 83.6 cm³/mol. The number of halogens is 2. The lowest BCUT2D eigenvalue weighted by molar-refractivity contribution is 0.0498. The van der Waals surface area contributed by atoms with Gasteiger partial charge < -0.3 is 9.64 Å². The van der Waals surface area contributed by atoms with Crippen LogP contribution in [0.15, 0.2) is 22.7 Å². The highest BCUT2D eigenvalue weighted by atomic mass is 79.9. The van der Waals surface area contributed by atoms with Gasteiger partial charge in [0.05, 0.1) is 11.8 Å². The molecule has 1 heterocycles. The smallest absolute Gasteiger partial charge is 0.0772 e. The number of hydrogen-bond donors (Lipinski definition) is 0. The average Bonchev–Trinajstić information content (AvgIpc) is 2.39. The molecule has 1 aromatic carbocycles. The molecule has 0 saturated carbocycles. The molecule has 18 heavy (non-hydrogen) atoms. The molecule has 2 rings (SSSR count). The second-order valence-corrected chi connectivity index (χ2v) is 6.32. The first kappa shape index (κ1) is 14.4. The molecule has 2 unspecified atom stereocenters. The summed E-state index contributed by atoms with van der Waals surface area (Å²) in [6.45, 7) is 4.35. The lowest BCUT2D eigenvalue weighted by Gasteiger charge is -2.38. The highest BCUT2D eigenvalue weighted by molar-refractivity contribution is 9.10. The molecule has 1 aromatic rings. The SMILES string of the molecule is COC1CN(c2ccc(CBr)cc2Br)CCC1C. The Morgan fingerprint density at radius 2 is 2.22 bits per heavy atom. The molecule has 0 radical (unpaired) electrons. The van der Waals surface area contributed by atoms with Crippen molar-refractivity contribution in [3.05, 3.63) is 28.2 Å². The predicted octanol–water partition coefficient (Wildman–Crippen LogP) is 4.21. The average molecular weight is 377 g/mol. The third kappa shape index (κ3) is 3.09. The van der Waals surface area contributed by atoms with Crippen molar-refractivity contribution in [1.82, 2.24) is 0 Å². The summed E-state index contributed by atoms with van der Waals surface area (Å²) in [7, 11) is 1.81. The minimum atomic E-state index is 0.335. The van der Waals surface area contributed by atoms with Crippen LogP contribution in [-0.2, 0) is 10.1 Å². The van der Waals surface area contributed by atoms with Crippen LogP contribution in [0.2, 0.25) is 0 Å². The highest BCUT2D eigenvalue weighted by Crippen LogP contribution is 2.31. The second kappa shape index (κ2) is 6.40. The number of alkyl halides is 1. The van der Waals surface area contributed by atoms with Gasteiger partial charge in [-0.15, -0.1) is 0 Å². The van der Waals surface area contributed by atoms with Gasteiger partial charge in [-0.25, -0.2) is 0 Å². The molecule has 2 nitrogen and oxygen atoms in total. The van der Waals surface area contributed by atoms with Crippen LogP contribution in [0.1, 0.15) is 18.9 Å². The van der Waals surface area contributed by atoms with Crippen LogP contribution < -0.4 is 4.90 Å². The summed E-state index contributed by atoms with van der Waals surface area (Å²) >= 11 is 7.16. The topological polar surface area (TPSA) is 12.5 Å². The zero-order valence-electron chi connectivity index (χ0n) is 10.8. The summed E-state index contributed by atoms with van der Waals surface area (Å²) in [6, 6.07) is 6.56. The second-order valence-electron chi connectivity index (χ2n) is 4.91. The summed E-state index contributed by atoms with van der Waals surface area (Å²) in [4.78, 5) is 2.41. The Morgan fingerprint density at radius 3 is 2.83 bits per heavy atom. The van der Waals surface area contributed by atoms with E-state index in [1.54, 1.807) is 0 Å². The molecule has 1 aliphatic heterocycles. The first-order valence-corrected chi connectivity index (χ1v) is 8.19. The van der Waals surface area contributed by atoms with E-state index >= 15 is 0 Å². The highest BCUT2D eigenvalue weighted by Gasteiger charge is 2.26. The van der Waals surface area contributed by atoms with Crippen LogP contribution >= 0.6 is 31.9 Å². The van der Waals surface area contributed by atoms with Crippen molar-refractivity contribution >= 4 is 37.5 Å². The maximum absolute atomic E-state index is 5.58. The van der Waals surface area contributed by atoms with Crippen LogP contribution in [0.3, 0.4) is 0 Å². The Bertz CT molecular complexity index is 411. The van der Waals surface area contributed by atoms with Crippen LogP contribution in [0.4, 0.5) is 5.69 Å². The quantitative estimate of drug-likeness (QED) is 0.732. The van der Waals surface area contributed by atoms with E-state index in [0.717, 1.165) is 18.4 Å². The van der Waals surface area contributed by atoms with E-state index in [1.165, 1.54) is 22.1 Å². The normalized spacial score (nSPS) is 24.3. The number of anilines is 1. The summed E-state index contributed by atoms with van der Waals surface area (Å²) in [6.07, 6.45) is 1.52. The van der Waals surface area contributed by atoms with Gasteiger partial charge in [0, 0.05) is 30.0 Å². The minimum Gasteiger partial charge on any atom is -0.379 e. The first-order chi connectivity index (χ1) is 8.65. The maximum atomic E-state index is 5.58. The van der Waals surface area contributed by atoms with Crippen LogP contribution in [-0.4, -0.2) is 26.3 Å². The Morgan fingerprint density at radius 1 is 1.44 bits per heavy atom. The third-order valence-corrected chi connectivity index (χ3v) is 4.98. The first-order valence-electron chi connectivity index (χ1n) is 6.28. The molecule has 100 valence electrons. The van der Waals surface area contributed by atoms with Gasteiger partial charge in [0.2, 0.25) is 0 Å². The number of hydrogen-bond acceptors (Lipinski definition) is 2. The minimum absolute atomic E-state index is 0.335. The van der Waals surface area contributed by atoms with Gasteiger partial charge in [0.1, 0.15) is 0 Å². The van der Waals surface area contributed by atoms with E-state index in [0.29, 0.717) is 12.0 Å². The van der Waals surface area contributed by atoms with Gasteiger partial charge in [-0.1, -0.05) is 28.9 Å². The van der Waals surface area contributed by atoms with Crippen LogP contribution in [0.5, 0.6) is 0 Å². The number of benzene rings is 1. The molecular formula is C14H19Br2NO. The maximum Gasteiger partial charge on any atom is 0.0772 e. The van der Waals surface area contributed by atoms with Crippen LogP contribution in [0, 0.1) is 5.92 Å². The lowest BCUT2D eigenvalue weighted by atomic mass is 9.95. The Balaban J connectivity index is 2.16. The summed E-state index contributed by atoms with van der Waals surface area (Å²) in [5, 5.41) is 0.892. The van der Waals surface area contributed by atoms with E-state index < -0.39 is 0 Å². The third-order valence-electron chi connectivity index (χ3n) is 3.70. The number of nitrogens with zero attached hydrogens (tertiary/aromatic N) is 1. The van der Waals surface area contributed by atoms with Gasteiger partial charge in [0.15, 0.2) is 0 Å². The van der Waals surface area contributed by atoms with Gasteiger partial charge in [0.25, 0.3) is 0 Å². The number of rotatable bonds is 3. The molecule has 0 bridgehead atoms. The molecule has 0 N–H and O–H groups in total. The fraction of sp³-hybridized carbons (Fsp3) is 0.571. The van der Waals surface area contributed by atoms with E-state index in [1.807, 2.05) is 7.11 Å². The fourth-order valence-electron chi connectivity index (χ4n) is 2.45. The Hall–Kier alpha value is -0.0600. The fourth-order valence-corrected chi connectivity index (χ4v) is 3.48. The number of ether oxygens (including phenoxy) is 1. The van der Waals surface area contributed by atoms with Crippen molar-refractivity contribution in [1.29, 1.82) is 0 Å². The van der Waals surface area contributed by atoms with Crippen molar-refractivity contribution in [3.8, 4) is 0 Å². The standard InChI is InChI=1S/C14H19Br2NO/c1-10-5-6-17(9-14(10)18-2)13-4-3-11(8-15)7-12(13)16/h3-4,7,10,14H,5-6,8-9H2,1-2H3. The van der Waals surface area contributed by atoms with Crippen molar-refractivity contribution in [3.63, 3.8) is 0 Å². The molecule has 0 amide bonds. The number of methoxy groups -OCH3 is 1. The molecule has 2 atom stereocenters. The van der Waals surface area contributed by atoms with Crippen LogP contribution in [0.25, 0.3) is 0 Å². The van der Waals surface area contributed by atoms with E-state index in [9.17, 15) is 0 Å². The summed E-state index contributed by atoms with van der Waals surface area (Å²) < 4.78 is 6.75. The molecule has 1 saturated heterocycles. The van der Waals surface area contributed by atoms with Gasteiger partial charge in [-0.2, -0.15) is 0 Å². The van der Waals surface area contributed by atoms with Gasteiger partial charge in [-0.05, 0) is 46.0 Å². The van der Waals surface area contributed by atoms with E-state index in [4.69, 9.17) is 4.74 Å². The van der Waals surface area contributed by atoms with Crippen molar-refractivity contribution in [2.24, 2.45) is 5.92 Å². The molecule has 0 spiro atoms.